The molecule has 1 saturated heterocycles. The number of anilines is 1. The van der Waals surface area contributed by atoms with Gasteiger partial charge in [0, 0.05) is 0 Å². The lowest BCUT2D eigenvalue weighted by Gasteiger charge is -2.26. The van der Waals surface area contributed by atoms with Gasteiger partial charge in [0.2, 0.25) is 0 Å². The van der Waals surface area contributed by atoms with Crippen LogP contribution in [-0.4, -0.2) is 41.2 Å². The molecule has 0 radical (unpaired) electrons. The van der Waals surface area contributed by atoms with Gasteiger partial charge in [-0.1, -0.05) is 18.2 Å². The third-order valence-electron chi connectivity index (χ3n) is 5.71. The minimum absolute atomic E-state index is 0.00595. The Bertz CT molecular complexity index is 1310. The Kier molecular flexibility index (Phi) is 5.89. The Balaban J connectivity index is 2.01. The normalized spacial score (nSPS) is 17.1. The predicted molar refractivity (Wildman–Crippen MR) is 125 cm³/mol. The lowest BCUT2D eigenvalue weighted by atomic mass is 9.94. The molecule has 3 aromatic carbocycles. The summed E-state index contributed by atoms with van der Waals surface area (Å²) in [7, 11) is 2.88. The maximum Gasteiger partial charge on any atom is 0.300 e. The van der Waals surface area contributed by atoms with Crippen LogP contribution in [0.2, 0.25) is 0 Å². The molecule has 1 unspecified atom stereocenters. The highest BCUT2D eigenvalue weighted by atomic mass is 16.5. The Morgan fingerprint density at radius 2 is 1.62 bits per heavy atom. The highest BCUT2D eigenvalue weighted by Gasteiger charge is 2.48. The molecule has 8 heteroatoms. The minimum atomic E-state index is -1.08. The molecule has 0 saturated carbocycles. The zero-order chi connectivity index (χ0) is 24.6. The van der Waals surface area contributed by atoms with E-state index < -0.39 is 23.5 Å². The molecule has 3 aromatic rings. The van der Waals surface area contributed by atoms with Crippen molar-refractivity contribution in [2.75, 3.05) is 19.1 Å². The van der Waals surface area contributed by atoms with Crippen molar-refractivity contribution in [1.29, 1.82) is 0 Å². The van der Waals surface area contributed by atoms with Gasteiger partial charge in [-0.25, -0.2) is 0 Å². The van der Waals surface area contributed by atoms with E-state index in [0.717, 1.165) is 10.5 Å². The molecular formula is C26H23NO7. The topological polar surface area (TPSA) is 117 Å². The lowest BCUT2D eigenvalue weighted by Crippen LogP contribution is -2.29. The zero-order valence-corrected chi connectivity index (χ0v) is 18.8. The van der Waals surface area contributed by atoms with E-state index in [1.54, 1.807) is 43.3 Å². The van der Waals surface area contributed by atoms with Crippen LogP contribution in [0.5, 0.6) is 23.0 Å². The van der Waals surface area contributed by atoms with Crippen molar-refractivity contribution in [3.63, 3.8) is 0 Å². The number of hydrogen-bond acceptors (Lipinski definition) is 7. The molecule has 1 atom stereocenters. The SMILES string of the molecule is COc1ccc(OC)c(/C(O)=C2\C(=O)C(=O)N(c3cc(C)ccc3O)C2c2ccc(O)cc2)c1. The number of Topliss-reactive ketones (excluding diaryl/α,β-unsaturated/α-hetero) is 1. The van der Waals surface area contributed by atoms with Gasteiger partial charge >= 0.3 is 0 Å². The molecule has 174 valence electrons. The first-order valence-electron chi connectivity index (χ1n) is 10.4. The maximum absolute atomic E-state index is 13.3. The van der Waals surface area contributed by atoms with Crippen molar-refractivity contribution in [3.05, 3.63) is 82.9 Å². The minimum Gasteiger partial charge on any atom is -0.508 e. The van der Waals surface area contributed by atoms with Crippen LogP contribution in [-0.2, 0) is 9.59 Å². The van der Waals surface area contributed by atoms with E-state index in [1.807, 2.05) is 0 Å². The van der Waals surface area contributed by atoms with E-state index in [2.05, 4.69) is 0 Å². The number of aliphatic hydroxyl groups excluding tert-OH is 1. The van der Waals surface area contributed by atoms with Crippen LogP contribution in [0.1, 0.15) is 22.7 Å². The molecular weight excluding hydrogens is 438 g/mol. The summed E-state index contributed by atoms with van der Waals surface area (Å²) in [6.45, 7) is 1.79. The van der Waals surface area contributed by atoms with Crippen LogP contribution in [0.15, 0.2) is 66.2 Å². The summed E-state index contributed by atoms with van der Waals surface area (Å²) < 4.78 is 10.6. The summed E-state index contributed by atoms with van der Waals surface area (Å²) in [4.78, 5) is 27.7. The third-order valence-corrected chi connectivity index (χ3v) is 5.71. The fourth-order valence-corrected chi connectivity index (χ4v) is 4.02. The van der Waals surface area contributed by atoms with Crippen LogP contribution in [0.3, 0.4) is 0 Å². The first-order chi connectivity index (χ1) is 16.3. The number of phenols is 2. The number of carbonyl (C=O) groups is 2. The second kappa shape index (κ2) is 8.82. The highest BCUT2D eigenvalue weighted by Crippen LogP contribution is 2.46. The molecule has 34 heavy (non-hydrogen) atoms. The van der Waals surface area contributed by atoms with Crippen molar-refractivity contribution in [2.45, 2.75) is 13.0 Å². The zero-order valence-electron chi connectivity index (χ0n) is 18.8. The number of carbonyl (C=O) groups excluding carboxylic acids is 2. The number of aliphatic hydroxyl groups is 1. The largest absolute Gasteiger partial charge is 0.508 e. The molecule has 0 aliphatic carbocycles. The monoisotopic (exact) mass is 461 g/mol. The van der Waals surface area contributed by atoms with E-state index >= 15 is 0 Å². The Labute approximate surface area is 195 Å². The average molecular weight is 461 g/mol. The number of hydrogen-bond donors (Lipinski definition) is 3. The standard InChI is InChI=1S/C26H23NO7/c1-14-4-10-20(29)19(12-14)27-23(15-5-7-16(28)8-6-15)22(25(31)26(27)32)24(30)18-13-17(33-2)9-11-21(18)34-3/h4-13,23,28-30H,1-3H3/b24-22+. The molecule has 0 spiro atoms. The molecule has 1 aliphatic heterocycles. The number of phenolic OH excluding ortho intramolecular Hbond substituents is 2. The Morgan fingerprint density at radius 1 is 0.912 bits per heavy atom. The van der Waals surface area contributed by atoms with Crippen LogP contribution in [0.4, 0.5) is 5.69 Å². The van der Waals surface area contributed by atoms with Crippen molar-refractivity contribution < 1.29 is 34.4 Å². The number of amides is 1. The fourth-order valence-electron chi connectivity index (χ4n) is 4.02. The molecule has 1 aliphatic rings. The molecule has 1 heterocycles. The number of ether oxygens (including phenoxy) is 2. The van der Waals surface area contributed by atoms with Gasteiger partial charge < -0.3 is 24.8 Å². The van der Waals surface area contributed by atoms with Gasteiger partial charge in [-0.05, 0) is 60.5 Å². The van der Waals surface area contributed by atoms with Gasteiger partial charge in [0.05, 0.1) is 37.1 Å². The third kappa shape index (κ3) is 3.79. The van der Waals surface area contributed by atoms with Crippen LogP contribution in [0, 0.1) is 6.92 Å². The van der Waals surface area contributed by atoms with E-state index in [-0.39, 0.29) is 34.1 Å². The second-order valence-electron chi connectivity index (χ2n) is 7.82. The van der Waals surface area contributed by atoms with Gasteiger partial charge in [-0.15, -0.1) is 0 Å². The van der Waals surface area contributed by atoms with Gasteiger partial charge in [0.15, 0.2) is 0 Å². The van der Waals surface area contributed by atoms with Crippen LogP contribution in [0.25, 0.3) is 5.76 Å². The van der Waals surface area contributed by atoms with E-state index in [4.69, 9.17) is 9.47 Å². The van der Waals surface area contributed by atoms with Crippen molar-refractivity contribution in [3.8, 4) is 23.0 Å². The summed E-state index contributed by atoms with van der Waals surface area (Å²) in [6.07, 6.45) is 0. The van der Waals surface area contributed by atoms with E-state index in [1.165, 1.54) is 38.5 Å². The highest BCUT2D eigenvalue weighted by molar-refractivity contribution is 6.52. The summed E-state index contributed by atoms with van der Waals surface area (Å²) >= 11 is 0. The van der Waals surface area contributed by atoms with Crippen molar-refractivity contribution in [2.24, 2.45) is 0 Å². The number of ketones is 1. The lowest BCUT2D eigenvalue weighted by molar-refractivity contribution is -0.132. The summed E-state index contributed by atoms with van der Waals surface area (Å²) in [5.74, 6) is -1.82. The van der Waals surface area contributed by atoms with E-state index in [0.29, 0.717) is 11.3 Å². The van der Waals surface area contributed by atoms with Crippen molar-refractivity contribution in [1.82, 2.24) is 0 Å². The molecule has 3 N–H and O–H groups in total. The molecule has 1 amide bonds. The first-order valence-corrected chi connectivity index (χ1v) is 10.4. The fraction of sp³-hybridized carbons (Fsp3) is 0.154. The van der Waals surface area contributed by atoms with Gasteiger partial charge in [-0.2, -0.15) is 0 Å². The van der Waals surface area contributed by atoms with E-state index in [9.17, 15) is 24.9 Å². The summed E-state index contributed by atoms with van der Waals surface area (Å²) in [6, 6.07) is 14.2. The summed E-state index contributed by atoms with van der Waals surface area (Å²) in [5.41, 5.74) is 1.30. The van der Waals surface area contributed by atoms with Gasteiger partial charge in [0.25, 0.3) is 11.7 Å². The maximum atomic E-state index is 13.3. The number of rotatable bonds is 5. The van der Waals surface area contributed by atoms with Crippen LogP contribution < -0.4 is 14.4 Å². The number of benzene rings is 3. The molecule has 1 fully saturated rings. The average Bonchev–Trinajstić information content (AvgIpc) is 3.10. The quantitative estimate of drug-likeness (QED) is 0.298. The molecule has 0 bridgehead atoms. The molecule has 0 aromatic heterocycles. The Hall–Kier alpha value is -4.46. The van der Waals surface area contributed by atoms with Crippen LogP contribution >= 0.6 is 0 Å². The van der Waals surface area contributed by atoms with Crippen molar-refractivity contribution >= 4 is 23.1 Å². The first kappa shape index (κ1) is 22.7. The molecule has 8 nitrogen and oxygen atoms in total. The number of aryl methyl sites for hydroxylation is 1. The number of aromatic hydroxyl groups is 2. The number of methoxy groups -OCH3 is 2. The van der Waals surface area contributed by atoms with Gasteiger partial charge in [0.1, 0.15) is 28.8 Å². The second-order valence-corrected chi connectivity index (χ2v) is 7.82. The van der Waals surface area contributed by atoms with Gasteiger partial charge in [-0.3, -0.25) is 14.5 Å². The predicted octanol–water partition coefficient (Wildman–Crippen LogP) is 4.05. The smallest absolute Gasteiger partial charge is 0.300 e. The molecule has 4 rings (SSSR count). The Morgan fingerprint density at radius 3 is 2.26 bits per heavy atom. The summed E-state index contributed by atoms with van der Waals surface area (Å²) in [5, 5.41) is 31.7. The number of nitrogens with zero attached hydrogens (tertiary/aromatic N) is 1.